The van der Waals surface area contributed by atoms with Crippen molar-refractivity contribution < 1.29 is 0 Å². The highest BCUT2D eigenvalue weighted by Crippen LogP contribution is 2.27. The van der Waals surface area contributed by atoms with Crippen LogP contribution in [-0.2, 0) is 6.42 Å². The lowest BCUT2D eigenvalue weighted by Crippen LogP contribution is -2.01. The molecule has 106 valence electrons. The smallest absolute Gasteiger partial charge is 0.182 e. The Kier molecular flexibility index (Phi) is 4.08. The minimum absolute atomic E-state index is 0.714. The minimum Gasteiger partial charge on any atom is -0.336 e. The summed E-state index contributed by atoms with van der Waals surface area (Å²) in [6, 6.07) is 16.6. The van der Waals surface area contributed by atoms with Gasteiger partial charge in [0.25, 0.3) is 0 Å². The second kappa shape index (κ2) is 6.00. The van der Waals surface area contributed by atoms with Crippen LogP contribution >= 0.6 is 28.1 Å². The van der Waals surface area contributed by atoms with Gasteiger partial charge in [-0.25, -0.2) is 0 Å². The van der Waals surface area contributed by atoms with Crippen LogP contribution < -0.4 is 0 Å². The van der Waals surface area contributed by atoms with Crippen molar-refractivity contribution in [3.05, 3.63) is 69.5 Å². The third-order valence-electron chi connectivity index (χ3n) is 3.51. The van der Waals surface area contributed by atoms with Gasteiger partial charge in [0.05, 0.1) is 11.4 Å². The highest BCUT2D eigenvalue weighted by Gasteiger charge is 2.11. The molecule has 3 rings (SSSR count). The lowest BCUT2D eigenvalue weighted by molar-refractivity contribution is 0.990. The normalized spacial score (nSPS) is 10.8. The largest absolute Gasteiger partial charge is 0.336 e. The molecule has 0 unspecified atom stereocenters. The van der Waals surface area contributed by atoms with Crippen molar-refractivity contribution in [2.75, 3.05) is 0 Å². The van der Waals surface area contributed by atoms with Gasteiger partial charge in [-0.2, -0.15) is 0 Å². The Hall–Kier alpha value is -1.65. The van der Waals surface area contributed by atoms with Crippen molar-refractivity contribution in [3.8, 4) is 16.9 Å². The number of nitrogens with one attached hydrogen (secondary N) is 1. The zero-order valence-corrected chi connectivity index (χ0v) is 14.0. The van der Waals surface area contributed by atoms with Gasteiger partial charge in [-0.3, -0.25) is 4.57 Å². The van der Waals surface area contributed by atoms with Crippen LogP contribution in [0.25, 0.3) is 16.9 Å². The van der Waals surface area contributed by atoms with E-state index in [1.807, 2.05) is 24.4 Å². The van der Waals surface area contributed by atoms with E-state index in [-0.39, 0.29) is 0 Å². The molecule has 0 radical (unpaired) electrons. The Morgan fingerprint density at radius 2 is 1.90 bits per heavy atom. The molecule has 0 aliphatic heterocycles. The van der Waals surface area contributed by atoms with Crippen LogP contribution in [0, 0.1) is 4.77 Å². The van der Waals surface area contributed by atoms with Crippen LogP contribution in [0.15, 0.2) is 59.2 Å². The Labute approximate surface area is 137 Å². The second-order valence-electron chi connectivity index (χ2n) is 4.81. The van der Waals surface area contributed by atoms with Crippen LogP contribution in [-0.4, -0.2) is 9.55 Å². The van der Waals surface area contributed by atoms with E-state index in [0.717, 1.165) is 27.8 Å². The molecular weight excluding hydrogens is 344 g/mol. The molecule has 0 aliphatic rings. The number of halogens is 1. The molecular formula is C17H15BrN2S. The maximum atomic E-state index is 5.49. The molecule has 3 aromatic rings. The SMILES string of the molecule is CCc1cc(Br)ccc1-n1c(-c2ccccc2)c[nH]c1=S. The Morgan fingerprint density at radius 1 is 1.14 bits per heavy atom. The Morgan fingerprint density at radius 3 is 2.62 bits per heavy atom. The summed E-state index contributed by atoms with van der Waals surface area (Å²) in [4.78, 5) is 3.17. The van der Waals surface area contributed by atoms with Gasteiger partial charge in [-0.15, -0.1) is 0 Å². The first-order valence-corrected chi connectivity index (χ1v) is 8.05. The Bertz CT molecular complexity index is 818. The van der Waals surface area contributed by atoms with E-state index in [1.165, 1.54) is 5.56 Å². The zero-order valence-electron chi connectivity index (χ0n) is 11.6. The van der Waals surface area contributed by atoms with Gasteiger partial charge in [0, 0.05) is 16.2 Å². The molecule has 2 aromatic carbocycles. The van der Waals surface area contributed by atoms with Crippen LogP contribution in [0.2, 0.25) is 0 Å². The monoisotopic (exact) mass is 358 g/mol. The van der Waals surface area contributed by atoms with Crippen molar-refractivity contribution in [3.63, 3.8) is 0 Å². The average molecular weight is 359 g/mol. The van der Waals surface area contributed by atoms with Crippen molar-refractivity contribution >= 4 is 28.1 Å². The fraction of sp³-hybridized carbons (Fsp3) is 0.118. The summed E-state index contributed by atoms with van der Waals surface area (Å²) in [6.45, 7) is 2.16. The summed E-state index contributed by atoms with van der Waals surface area (Å²) in [5.41, 5.74) is 4.62. The van der Waals surface area contributed by atoms with Crippen molar-refractivity contribution in [1.82, 2.24) is 9.55 Å². The highest BCUT2D eigenvalue weighted by molar-refractivity contribution is 9.10. The lowest BCUT2D eigenvalue weighted by atomic mass is 10.1. The van der Waals surface area contributed by atoms with Crippen LogP contribution in [0.3, 0.4) is 0 Å². The number of benzene rings is 2. The molecule has 1 heterocycles. The second-order valence-corrected chi connectivity index (χ2v) is 6.11. The van der Waals surface area contributed by atoms with Gasteiger partial charge >= 0.3 is 0 Å². The van der Waals surface area contributed by atoms with Gasteiger partial charge in [-0.1, -0.05) is 53.2 Å². The third-order valence-corrected chi connectivity index (χ3v) is 4.30. The van der Waals surface area contributed by atoms with E-state index in [0.29, 0.717) is 4.77 Å². The summed E-state index contributed by atoms with van der Waals surface area (Å²) in [7, 11) is 0. The standard InChI is InChI=1S/C17H15BrN2S/c1-2-12-10-14(18)8-9-15(12)20-16(11-19-17(20)21)13-6-4-3-5-7-13/h3-11H,2H2,1H3,(H,19,21). The van der Waals surface area contributed by atoms with Crippen molar-refractivity contribution in [2.45, 2.75) is 13.3 Å². The lowest BCUT2D eigenvalue weighted by Gasteiger charge is -2.13. The van der Waals surface area contributed by atoms with E-state index in [9.17, 15) is 0 Å². The summed E-state index contributed by atoms with van der Waals surface area (Å²) in [6.07, 6.45) is 2.93. The van der Waals surface area contributed by atoms with Gasteiger partial charge in [-0.05, 0) is 42.4 Å². The first-order valence-electron chi connectivity index (χ1n) is 6.85. The predicted molar refractivity (Wildman–Crippen MR) is 93.5 cm³/mol. The number of rotatable bonds is 3. The van der Waals surface area contributed by atoms with E-state index in [4.69, 9.17) is 12.2 Å². The third kappa shape index (κ3) is 2.74. The van der Waals surface area contributed by atoms with Crippen molar-refractivity contribution in [1.29, 1.82) is 0 Å². The maximum absolute atomic E-state index is 5.49. The molecule has 0 saturated heterocycles. The molecule has 1 N–H and O–H groups in total. The maximum Gasteiger partial charge on any atom is 0.182 e. The number of aromatic nitrogens is 2. The number of nitrogens with zero attached hydrogens (tertiary/aromatic N) is 1. The molecule has 0 spiro atoms. The molecule has 1 aromatic heterocycles. The van der Waals surface area contributed by atoms with Gasteiger partial charge in [0.2, 0.25) is 0 Å². The van der Waals surface area contributed by atoms with Crippen LogP contribution in [0.4, 0.5) is 0 Å². The number of hydrogen-bond donors (Lipinski definition) is 1. The molecule has 21 heavy (non-hydrogen) atoms. The molecule has 0 atom stereocenters. The number of aromatic amines is 1. The first-order chi connectivity index (χ1) is 10.2. The molecule has 0 saturated carbocycles. The molecule has 0 aliphatic carbocycles. The highest BCUT2D eigenvalue weighted by atomic mass is 79.9. The van der Waals surface area contributed by atoms with E-state index in [2.05, 4.69) is 62.7 Å². The van der Waals surface area contributed by atoms with Gasteiger partial charge in [0.15, 0.2) is 4.77 Å². The quantitative estimate of drug-likeness (QED) is 0.610. The number of imidazole rings is 1. The van der Waals surface area contributed by atoms with E-state index in [1.54, 1.807) is 0 Å². The summed E-state index contributed by atoms with van der Waals surface area (Å²) in [5.74, 6) is 0. The fourth-order valence-corrected chi connectivity index (χ4v) is 3.15. The van der Waals surface area contributed by atoms with E-state index < -0.39 is 0 Å². The minimum atomic E-state index is 0.714. The molecule has 2 nitrogen and oxygen atoms in total. The molecule has 4 heteroatoms. The van der Waals surface area contributed by atoms with Crippen molar-refractivity contribution in [2.24, 2.45) is 0 Å². The molecule has 0 amide bonds. The summed E-state index contributed by atoms with van der Waals surface area (Å²) in [5, 5.41) is 0. The van der Waals surface area contributed by atoms with Gasteiger partial charge in [0.1, 0.15) is 0 Å². The topological polar surface area (TPSA) is 20.7 Å². The number of aryl methyl sites for hydroxylation is 1. The van der Waals surface area contributed by atoms with Crippen LogP contribution in [0.5, 0.6) is 0 Å². The Balaban J connectivity index is 2.25. The van der Waals surface area contributed by atoms with Gasteiger partial charge < -0.3 is 4.98 Å². The number of hydrogen-bond acceptors (Lipinski definition) is 1. The molecule has 0 bridgehead atoms. The fourth-order valence-electron chi connectivity index (χ4n) is 2.48. The van der Waals surface area contributed by atoms with Crippen LogP contribution in [0.1, 0.15) is 12.5 Å². The predicted octanol–water partition coefficient (Wildman–Crippen LogP) is 5.53. The summed E-state index contributed by atoms with van der Waals surface area (Å²) >= 11 is 9.03. The summed E-state index contributed by atoms with van der Waals surface area (Å²) < 4.78 is 3.91. The van der Waals surface area contributed by atoms with E-state index >= 15 is 0 Å². The average Bonchev–Trinajstić information content (AvgIpc) is 2.89. The number of H-pyrrole nitrogens is 1. The first kappa shape index (κ1) is 14.3. The molecule has 0 fully saturated rings. The zero-order chi connectivity index (χ0) is 14.8.